The van der Waals surface area contributed by atoms with E-state index in [0.29, 0.717) is 0 Å². The third-order valence-corrected chi connectivity index (χ3v) is 0.340. The van der Waals surface area contributed by atoms with E-state index >= 15 is 0 Å². The molecule has 0 aromatic rings. The second-order valence-electron chi connectivity index (χ2n) is 0.827. The lowest BCUT2D eigenvalue weighted by Gasteiger charge is -1.96. The SMILES string of the molecule is NOC(O)C(=O)O. The van der Waals surface area contributed by atoms with Gasteiger partial charge in [0.15, 0.2) is 0 Å². The standard InChI is InChI=1S/C2H5NO4/c3-7-2(6)1(4)5/h2,6H,3H2,(H,4,5). The Bertz CT molecular complexity index is 72.1. The fourth-order valence-corrected chi connectivity index (χ4v) is 0.0582. The second kappa shape index (κ2) is 2.51. The Morgan fingerprint density at radius 3 is 2.29 bits per heavy atom. The Morgan fingerprint density at radius 2 is 2.29 bits per heavy atom. The van der Waals surface area contributed by atoms with Gasteiger partial charge >= 0.3 is 5.97 Å². The van der Waals surface area contributed by atoms with Crippen LogP contribution in [-0.2, 0) is 9.63 Å². The van der Waals surface area contributed by atoms with Crippen LogP contribution in [0.2, 0.25) is 0 Å². The smallest absolute Gasteiger partial charge is 0.362 e. The highest BCUT2D eigenvalue weighted by Crippen LogP contribution is 1.75. The molecule has 0 aromatic heterocycles. The number of aliphatic hydroxyl groups is 1. The highest BCUT2D eigenvalue weighted by atomic mass is 16.7. The third kappa shape index (κ3) is 2.10. The maximum atomic E-state index is 9.48. The second-order valence-corrected chi connectivity index (χ2v) is 0.827. The van der Waals surface area contributed by atoms with Gasteiger partial charge in [0.25, 0.3) is 6.29 Å². The molecule has 0 rings (SSSR count). The number of aliphatic hydroxyl groups excluding tert-OH is 1. The summed E-state index contributed by atoms with van der Waals surface area (Å²) in [6.45, 7) is 0. The number of hydrogen-bond donors (Lipinski definition) is 3. The molecule has 1 unspecified atom stereocenters. The van der Waals surface area contributed by atoms with Crippen LogP contribution < -0.4 is 5.90 Å². The van der Waals surface area contributed by atoms with E-state index in [-0.39, 0.29) is 0 Å². The topological polar surface area (TPSA) is 92.8 Å². The van der Waals surface area contributed by atoms with Gasteiger partial charge in [-0.2, -0.15) is 0 Å². The zero-order chi connectivity index (χ0) is 5.86. The maximum absolute atomic E-state index is 9.48. The summed E-state index contributed by atoms with van der Waals surface area (Å²) in [5, 5.41) is 15.7. The molecule has 5 nitrogen and oxygen atoms in total. The molecule has 0 aromatic carbocycles. The number of carboxylic acid groups (broad SMARTS) is 1. The van der Waals surface area contributed by atoms with Gasteiger partial charge < -0.3 is 10.2 Å². The summed E-state index contributed by atoms with van der Waals surface area (Å²) in [6.07, 6.45) is -1.90. The van der Waals surface area contributed by atoms with Crippen molar-refractivity contribution in [3.63, 3.8) is 0 Å². The molecule has 1 atom stereocenters. The predicted octanol–water partition coefficient (Wildman–Crippen LogP) is -1.72. The summed E-state index contributed by atoms with van der Waals surface area (Å²) in [5.41, 5.74) is 0. The fourth-order valence-electron chi connectivity index (χ4n) is 0.0582. The molecule has 0 bridgehead atoms. The lowest BCUT2D eigenvalue weighted by atomic mass is 10.7. The molecular formula is C2H5NO4. The molecular weight excluding hydrogens is 102 g/mol. The summed E-state index contributed by atoms with van der Waals surface area (Å²) in [4.78, 5) is 12.9. The zero-order valence-electron chi connectivity index (χ0n) is 3.37. The van der Waals surface area contributed by atoms with E-state index in [2.05, 4.69) is 10.7 Å². The molecule has 0 radical (unpaired) electrons. The van der Waals surface area contributed by atoms with Crippen LogP contribution in [0.25, 0.3) is 0 Å². The molecule has 0 heterocycles. The molecule has 0 aliphatic heterocycles. The van der Waals surface area contributed by atoms with Crippen molar-refractivity contribution >= 4 is 5.97 Å². The van der Waals surface area contributed by atoms with Gasteiger partial charge in [0, 0.05) is 0 Å². The largest absolute Gasteiger partial charge is 0.477 e. The van der Waals surface area contributed by atoms with E-state index in [0.717, 1.165) is 0 Å². The highest BCUT2D eigenvalue weighted by Gasteiger charge is 2.09. The predicted molar refractivity (Wildman–Crippen MR) is 18.9 cm³/mol. The molecule has 0 aliphatic carbocycles. The van der Waals surface area contributed by atoms with Gasteiger partial charge in [-0.1, -0.05) is 0 Å². The fraction of sp³-hybridized carbons (Fsp3) is 0.500. The molecule has 0 fully saturated rings. The maximum Gasteiger partial charge on any atom is 0.362 e. The van der Waals surface area contributed by atoms with Crippen LogP contribution in [0.15, 0.2) is 0 Å². The van der Waals surface area contributed by atoms with Crippen LogP contribution in [0.1, 0.15) is 0 Å². The van der Waals surface area contributed by atoms with Crippen LogP contribution in [0.5, 0.6) is 0 Å². The van der Waals surface area contributed by atoms with Gasteiger partial charge in [0.05, 0.1) is 0 Å². The van der Waals surface area contributed by atoms with Gasteiger partial charge in [-0.3, -0.25) is 4.84 Å². The lowest BCUT2D eigenvalue weighted by Crippen LogP contribution is -2.25. The average molecular weight is 107 g/mol. The number of rotatable bonds is 2. The van der Waals surface area contributed by atoms with Gasteiger partial charge in [0.1, 0.15) is 0 Å². The van der Waals surface area contributed by atoms with Crippen molar-refractivity contribution in [2.45, 2.75) is 6.29 Å². The van der Waals surface area contributed by atoms with Gasteiger partial charge in [-0.25, -0.2) is 10.7 Å². The van der Waals surface area contributed by atoms with Gasteiger partial charge in [-0.15, -0.1) is 0 Å². The molecule has 42 valence electrons. The number of aliphatic carboxylic acids is 1. The first kappa shape index (κ1) is 6.35. The molecule has 0 saturated carbocycles. The van der Waals surface area contributed by atoms with Crippen LogP contribution >= 0.6 is 0 Å². The number of hydrogen-bond acceptors (Lipinski definition) is 4. The van der Waals surface area contributed by atoms with Crippen molar-refractivity contribution in [1.82, 2.24) is 0 Å². The molecule has 0 amide bonds. The number of carboxylic acids is 1. The Labute approximate surface area is 39.3 Å². The van der Waals surface area contributed by atoms with Gasteiger partial charge in [-0.05, 0) is 0 Å². The van der Waals surface area contributed by atoms with E-state index in [1.165, 1.54) is 0 Å². The van der Waals surface area contributed by atoms with Crippen LogP contribution in [0.3, 0.4) is 0 Å². The minimum atomic E-state index is -1.90. The highest BCUT2D eigenvalue weighted by molar-refractivity contribution is 5.70. The van der Waals surface area contributed by atoms with E-state index < -0.39 is 12.3 Å². The van der Waals surface area contributed by atoms with Crippen LogP contribution in [0.4, 0.5) is 0 Å². The summed E-state index contributed by atoms with van der Waals surface area (Å²) in [5.74, 6) is 2.74. The number of nitrogens with two attached hydrogens (primary N) is 1. The first-order valence-corrected chi connectivity index (χ1v) is 1.45. The van der Waals surface area contributed by atoms with E-state index in [1.54, 1.807) is 0 Å². The van der Waals surface area contributed by atoms with Crippen LogP contribution in [0, 0.1) is 0 Å². The summed E-state index contributed by atoms with van der Waals surface area (Å²) >= 11 is 0. The van der Waals surface area contributed by atoms with E-state index in [1.807, 2.05) is 0 Å². The van der Waals surface area contributed by atoms with Crippen molar-refractivity contribution in [2.75, 3.05) is 0 Å². The normalized spacial score (nSPS) is 13.4. The van der Waals surface area contributed by atoms with Crippen molar-refractivity contribution in [3.8, 4) is 0 Å². The van der Waals surface area contributed by atoms with Crippen molar-refractivity contribution < 1.29 is 19.8 Å². The van der Waals surface area contributed by atoms with E-state index in [4.69, 9.17) is 10.2 Å². The monoisotopic (exact) mass is 107 g/mol. The Hall–Kier alpha value is -0.650. The first-order valence-electron chi connectivity index (χ1n) is 1.45. The van der Waals surface area contributed by atoms with E-state index in [9.17, 15) is 4.79 Å². The lowest BCUT2D eigenvalue weighted by molar-refractivity contribution is -0.177. The summed E-state index contributed by atoms with van der Waals surface area (Å²) < 4.78 is 0. The molecule has 4 N–H and O–H groups in total. The van der Waals surface area contributed by atoms with Crippen molar-refractivity contribution in [1.29, 1.82) is 0 Å². The third-order valence-electron chi connectivity index (χ3n) is 0.340. The van der Waals surface area contributed by atoms with Gasteiger partial charge in [0.2, 0.25) is 0 Å². The Morgan fingerprint density at radius 1 is 1.86 bits per heavy atom. The molecule has 0 saturated heterocycles. The number of carbonyl (C=O) groups is 1. The molecule has 7 heavy (non-hydrogen) atoms. The van der Waals surface area contributed by atoms with Crippen molar-refractivity contribution in [2.24, 2.45) is 5.90 Å². The minimum Gasteiger partial charge on any atom is -0.477 e. The quantitative estimate of drug-likeness (QED) is 0.288. The molecule has 5 heteroatoms. The first-order chi connectivity index (χ1) is 3.18. The molecule has 0 spiro atoms. The average Bonchev–Trinajstić information content (AvgIpc) is 1.65. The zero-order valence-corrected chi connectivity index (χ0v) is 3.37. The minimum absolute atomic E-state index is 1.50. The molecule has 0 aliphatic rings. The summed E-state index contributed by atoms with van der Waals surface area (Å²) in [7, 11) is 0. The van der Waals surface area contributed by atoms with Crippen molar-refractivity contribution in [3.05, 3.63) is 0 Å². The summed E-state index contributed by atoms with van der Waals surface area (Å²) in [6, 6.07) is 0. The van der Waals surface area contributed by atoms with Crippen LogP contribution in [-0.4, -0.2) is 22.5 Å². The Balaban J connectivity index is 3.34. The Kier molecular flexibility index (Phi) is 2.28.